The van der Waals surface area contributed by atoms with Crippen LogP contribution >= 0.6 is 0 Å². The molecular formula is C18H17N3. The second kappa shape index (κ2) is 4.48. The van der Waals surface area contributed by atoms with Crippen LogP contribution in [0.5, 0.6) is 0 Å². The monoisotopic (exact) mass is 275 g/mol. The molecule has 0 saturated carbocycles. The van der Waals surface area contributed by atoms with Crippen molar-refractivity contribution in [3.05, 3.63) is 66.2 Å². The van der Waals surface area contributed by atoms with Crippen molar-refractivity contribution in [1.82, 2.24) is 14.5 Å². The molecule has 1 atom stereocenters. The number of nitrogens with zero attached hydrogens (tertiary/aromatic N) is 2. The summed E-state index contributed by atoms with van der Waals surface area (Å²) < 4.78 is 2.08. The number of hydrogen-bond acceptors (Lipinski definition) is 1. The van der Waals surface area contributed by atoms with Gasteiger partial charge in [-0.1, -0.05) is 37.3 Å². The molecule has 1 unspecified atom stereocenters. The van der Waals surface area contributed by atoms with E-state index in [1.807, 2.05) is 19.6 Å². The van der Waals surface area contributed by atoms with Crippen molar-refractivity contribution < 1.29 is 0 Å². The van der Waals surface area contributed by atoms with Crippen LogP contribution in [0.2, 0.25) is 0 Å². The van der Waals surface area contributed by atoms with Crippen LogP contribution in [-0.2, 0) is 7.05 Å². The van der Waals surface area contributed by atoms with Gasteiger partial charge < -0.3 is 9.55 Å². The van der Waals surface area contributed by atoms with Crippen LogP contribution in [0.15, 0.2) is 55.0 Å². The zero-order chi connectivity index (χ0) is 14.4. The fourth-order valence-corrected chi connectivity index (χ4v) is 3.10. The van der Waals surface area contributed by atoms with E-state index in [2.05, 4.69) is 63.9 Å². The minimum Gasteiger partial charge on any atom is -0.355 e. The van der Waals surface area contributed by atoms with Gasteiger partial charge in [-0.2, -0.15) is 0 Å². The van der Waals surface area contributed by atoms with Crippen LogP contribution in [0.3, 0.4) is 0 Å². The quantitative estimate of drug-likeness (QED) is 0.584. The van der Waals surface area contributed by atoms with Crippen LogP contribution in [0, 0.1) is 0 Å². The number of hydrogen-bond donors (Lipinski definition) is 1. The minimum absolute atomic E-state index is 0.327. The molecule has 4 aromatic rings. The van der Waals surface area contributed by atoms with E-state index in [9.17, 15) is 0 Å². The zero-order valence-corrected chi connectivity index (χ0v) is 12.2. The van der Waals surface area contributed by atoms with Gasteiger partial charge in [0, 0.05) is 46.7 Å². The van der Waals surface area contributed by atoms with Gasteiger partial charge in [-0.25, -0.2) is 4.98 Å². The Morgan fingerprint density at radius 2 is 1.86 bits per heavy atom. The van der Waals surface area contributed by atoms with E-state index in [-0.39, 0.29) is 0 Å². The predicted octanol–water partition coefficient (Wildman–Crippen LogP) is 4.21. The molecule has 2 heterocycles. The van der Waals surface area contributed by atoms with E-state index in [1.54, 1.807) is 0 Å². The first kappa shape index (κ1) is 12.2. The number of fused-ring (bicyclic) bond motifs is 3. The van der Waals surface area contributed by atoms with Crippen molar-refractivity contribution in [2.24, 2.45) is 7.05 Å². The number of nitrogens with one attached hydrogen (secondary N) is 1. The molecule has 3 nitrogen and oxygen atoms in total. The van der Waals surface area contributed by atoms with Crippen molar-refractivity contribution in [2.75, 3.05) is 0 Å². The standard InChI is InChI=1S/C18H17N3/c1-12(18-10-19-11-21(18)2)13-7-8-15-14-5-3-4-6-16(14)20-17(15)9-13/h3-12,20H,1-2H3. The molecule has 0 fully saturated rings. The molecule has 104 valence electrons. The lowest BCUT2D eigenvalue weighted by Crippen LogP contribution is -2.02. The first-order valence-electron chi connectivity index (χ1n) is 7.20. The highest BCUT2D eigenvalue weighted by molar-refractivity contribution is 6.07. The number of aryl methyl sites for hydroxylation is 1. The van der Waals surface area contributed by atoms with Crippen LogP contribution in [0.25, 0.3) is 21.8 Å². The summed E-state index contributed by atoms with van der Waals surface area (Å²) in [6, 6.07) is 15.1. The molecule has 2 aromatic carbocycles. The molecule has 2 aromatic heterocycles. The molecule has 0 aliphatic rings. The summed E-state index contributed by atoms with van der Waals surface area (Å²) in [5, 5.41) is 2.57. The number of imidazole rings is 1. The number of aromatic amines is 1. The SMILES string of the molecule is CC(c1ccc2c(c1)[nH]c1ccccc12)c1cncn1C. The highest BCUT2D eigenvalue weighted by Gasteiger charge is 2.13. The lowest BCUT2D eigenvalue weighted by molar-refractivity contribution is 0.769. The number of aromatic nitrogens is 3. The molecule has 0 aliphatic heterocycles. The number of para-hydroxylation sites is 1. The van der Waals surface area contributed by atoms with Crippen molar-refractivity contribution in [1.29, 1.82) is 0 Å². The fourth-order valence-electron chi connectivity index (χ4n) is 3.10. The maximum atomic E-state index is 4.22. The lowest BCUT2D eigenvalue weighted by Gasteiger charge is -2.12. The molecule has 4 rings (SSSR count). The highest BCUT2D eigenvalue weighted by atomic mass is 15.0. The summed E-state index contributed by atoms with van der Waals surface area (Å²) in [5.74, 6) is 0.327. The summed E-state index contributed by atoms with van der Waals surface area (Å²) in [7, 11) is 2.04. The average molecular weight is 275 g/mol. The Bertz CT molecular complexity index is 930. The number of H-pyrrole nitrogens is 1. The maximum absolute atomic E-state index is 4.22. The van der Waals surface area contributed by atoms with Crippen LogP contribution < -0.4 is 0 Å². The number of rotatable bonds is 2. The molecule has 3 heteroatoms. The van der Waals surface area contributed by atoms with Gasteiger partial charge in [-0.15, -0.1) is 0 Å². The van der Waals surface area contributed by atoms with Gasteiger partial charge in [0.1, 0.15) is 0 Å². The lowest BCUT2D eigenvalue weighted by atomic mass is 9.97. The Kier molecular flexibility index (Phi) is 2.61. The smallest absolute Gasteiger partial charge is 0.0945 e. The zero-order valence-electron chi connectivity index (χ0n) is 12.2. The molecule has 0 radical (unpaired) electrons. The van der Waals surface area contributed by atoms with E-state index in [4.69, 9.17) is 0 Å². The molecule has 0 amide bonds. The summed E-state index contributed by atoms with van der Waals surface area (Å²) in [6.45, 7) is 2.22. The van der Waals surface area contributed by atoms with Gasteiger partial charge in [0.05, 0.1) is 6.33 Å². The Morgan fingerprint density at radius 3 is 2.67 bits per heavy atom. The Morgan fingerprint density at radius 1 is 1.05 bits per heavy atom. The second-order valence-corrected chi connectivity index (χ2v) is 5.63. The van der Waals surface area contributed by atoms with Crippen LogP contribution in [-0.4, -0.2) is 14.5 Å². The van der Waals surface area contributed by atoms with E-state index >= 15 is 0 Å². The molecule has 0 bridgehead atoms. The minimum atomic E-state index is 0.327. The second-order valence-electron chi connectivity index (χ2n) is 5.63. The summed E-state index contributed by atoms with van der Waals surface area (Å²) >= 11 is 0. The Labute approximate surface area is 123 Å². The average Bonchev–Trinajstić information content (AvgIpc) is 3.09. The van der Waals surface area contributed by atoms with E-state index in [0.717, 1.165) is 0 Å². The van der Waals surface area contributed by atoms with E-state index in [0.29, 0.717) is 5.92 Å². The van der Waals surface area contributed by atoms with Crippen molar-refractivity contribution >= 4 is 21.8 Å². The third-order valence-electron chi connectivity index (χ3n) is 4.33. The molecule has 1 N–H and O–H groups in total. The van der Waals surface area contributed by atoms with Gasteiger partial charge in [0.2, 0.25) is 0 Å². The summed E-state index contributed by atoms with van der Waals surface area (Å²) in [5.41, 5.74) is 4.92. The Balaban J connectivity index is 1.87. The van der Waals surface area contributed by atoms with Gasteiger partial charge >= 0.3 is 0 Å². The molecule has 21 heavy (non-hydrogen) atoms. The summed E-state index contributed by atoms with van der Waals surface area (Å²) in [6.07, 6.45) is 3.80. The van der Waals surface area contributed by atoms with Crippen molar-refractivity contribution in [3.63, 3.8) is 0 Å². The van der Waals surface area contributed by atoms with E-state index < -0.39 is 0 Å². The largest absolute Gasteiger partial charge is 0.355 e. The molecular weight excluding hydrogens is 258 g/mol. The molecule has 0 aliphatic carbocycles. The van der Waals surface area contributed by atoms with Crippen molar-refractivity contribution in [3.8, 4) is 0 Å². The Hall–Kier alpha value is -2.55. The van der Waals surface area contributed by atoms with Crippen LogP contribution in [0.1, 0.15) is 24.1 Å². The molecule has 0 saturated heterocycles. The summed E-state index contributed by atoms with van der Waals surface area (Å²) in [4.78, 5) is 7.73. The van der Waals surface area contributed by atoms with E-state index in [1.165, 1.54) is 33.1 Å². The topological polar surface area (TPSA) is 33.6 Å². The van der Waals surface area contributed by atoms with Gasteiger partial charge in [0.25, 0.3) is 0 Å². The first-order valence-corrected chi connectivity index (χ1v) is 7.20. The third kappa shape index (κ3) is 1.85. The van der Waals surface area contributed by atoms with Gasteiger partial charge in [0.15, 0.2) is 0 Å². The fraction of sp³-hybridized carbons (Fsp3) is 0.167. The predicted molar refractivity (Wildman–Crippen MR) is 86.5 cm³/mol. The molecule has 0 spiro atoms. The third-order valence-corrected chi connectivity index (χ3v) is 4.33. The number of benzene rings is 2. The van der Waals surface area contributed by atoms with Crippen LogP contribution in [0.4, 0.5) is 0 Å². The highest BCUT2D eigenvalue weighted by Crippen LogP contribution is 2.30. The maximum Gasteiger partial charge on any atom is 0.0945 e. The van der Waals surface area contributed by atoms with Gasteiger partial charge in [-0.05, 0) is 17.7 Å². The van der Waals surface area contributed by atoms with Crippen molar-refractivity contribution in [2.45, 2.75) is 12.8 Å². The van der Waals surface area contributed by atoms with Gasteiger partial charge in [-0.3, -0.25) is 0 Å². The normalized spacial score (nSPS) is 13.0. The first-order chi connectivity index (χ1) is 10.2.